The van der Waals surface area contributed by atoms with Crippen molar-refractivity contribution in [2.75, 3.05) is 13.7 Å². The number of nitrogens with zero attached hydrogens (tertiary/aromatic N) is 1. The number of carbonyl (C=O) groups is 1. The maximum Gasteiger partial charge on any atom is 0.239 e. The number of para-hydroxylation sites is 1. The zero-order valence-corrected chi connectivity index (χ0v) is 19.6. The Morgan fingerprint density at radius 2 is 1.70 bits per heavy atom. The van der Waals surface area contributed by atoms with Gasteiger partial charge in [-0.15, -0.1) is 0 Å². The lowest BCUT2D eigenvalue weighted by Crippen LogP contribution is -2.29. The first-order valence-corrected chi connectivity index (χ1v) is 12.2. The van der Waals surface area contributed by atoms with Gasteiger partial charge in [0.15, 0.2) is 0 Å². The summed E-state index contributed by atoms with van der Waals surface area (Å²) < 4.78 is 33.4. The highest BCUT2D eigenvalue weighted by Gasteiger charge is 2.23. The quantitative estimate of drug-likeness (QED) is 0.401. The van der Waals surface area contributed by atoms with Crippen molar-refractivity contribution in [2.45, 2.75) is 22.8 Å². The Morgan fingerprint density at radius 1 is 1.00 bits per heavy atom. The fourth-order valence-corrected chi connectivity index (χ4v) is 5.25. The number of rotatable bonds is 8. The molecule has 0 aliphatic rings. The molecule has 0 aliphatic carbocycles. The normalized spacial score (nSPS) is 11.5. The number of amides is 1. The minimum Gasteiger partial charge on any atom is -0.497 e. The zero-order valence-electron chi connectivity index (χ0n) is 18.0. The Balaban J connectivity index is 1.51. The molecule has 4 aromatic rings. The van der Waals surface area contributed by atoms with Crippen LogP contribution in [0.5, 0.6) is 5.75 Å². The molecule has 1 aromatic heterocycles. The highest BCUT2D eigenvalue weighted by molar-refractivity contribution is 7.91. The molecule has 6 nitrogen and oxygen atoms in total. The second kappa shape index (κ2) is 9.68. The van der Waals surface area contributed by atoms with Gasteiger partial charge in [0.1, 0.15) is 12.3 Å². The summed E-state index contributed by atoms with van der Waals surface area (Å²) in [4.78, 5) is 12.9. The van der Waals surface area contributed by atoms with E-state index in [1.807, 2.05) is 30.3 Å². The summed E-state index contributed by atoms with van der Waals surface area (Å²) in [7, 11) is -2.16. The number of halogens is 1. The third-order valence-corrected chi connectivity index (χ3v) is 7.42. The van der Waals surface area contributed by atoms with E-state index in [0.717, 1.165) is 11.3 Å². The molecule has 0 atom stereocenters. The maximum absolute atomic E-state index is 13.3. The van der Waals surface area contributed by atoms with Gasteiger partial charge in [0.2, 0.25) is 15.7 Å². The van der Waals surface area contributed by atoms with Crippen LogP contribution in [0.2, 0.25) is 5.02 Å². The number of fused-ring (bicyclic) bond motifs is 1. The first-order valence-electron chi connectivity index (χ1n) is 10.4. The Labute approximate surface area is 197 Å². The molecule has 0 fully saturated rings. The summed E-state index contributed by atoms with van der Waals surface area (Å²) in [5.74, 6) is 0.589. The van der Waals surface area contributed by atoms with Gasteiger partial charge in [-0.1, -0.05) is 41.9 Å². The highest BCUT2D eigenvalue weighted by Crippen LogP contribution is 2.30. The molecule has 0 saturated carbocycles. The molecule has 4 rings (SSSR count). The van der Waals surface area contributed by atoms with Crippen LogP contribution in [-0.2, 0) is 27.6 Å². The van der Waals surface area contributed by atoms with Crippen molar-refractivity contribution in [1.29, 1.82) is 0 Å². The summed E-state index contributed by atoms with van der Waals surface area (Å²) in [5.41, 5.74) is 1.76. The van der Waals surface area contributed by atoms with Crippen LogP contribution in [0.1, 0.15) is 5.56 Å². The molecule has 8 heteroatoms. The number of benzene rings is 3. The van der Waals surface area contributed by atoms with E-state index in [1.54, 1.807) is 42.0 Å². The number of ether oxygens (including phenoxy) is 1. The number of hydrogen-bond acceptors (Lipinski definition) is 4. The summed E-state index contributed by atoms with van der Waals surface area (Å²) in [6, 6.07) is 20.9. The summed E-state index contributed by atoms with van der Waals surface area (Å²) in [6.45, 7) is 0.486. The molecule has 0 unspecified atom stereocenters. The number of methoxy groups -OCH3 is 1. The van der Waals surface area contributed by atoms with Crippen molar-refractivity contribution < 1.29 is 17.9 Å². The third kappa shape index (κ3) is 5.05. The maximum atomic E-state index is 13.3. The standard InChI is InChI=1S/C25H23ClN2O4S/c1-32-20-10-6-18(7-11-20)14-15-27-25(29)17-28-16-24(22-4-2-3-5-23(22)28)33(30,31)21-12-8-19(26)9-13-21/h2-13,16H,14-15,17H2,1H3,(H,27,29). The average molecular weight is 483 g/mol. The Morgan fingerprint density at radius 3 is 2.39 bits per heavy atom. The zero-order chi connectivity index (χ0) is 23.4. The van der Waals surface area contributed by atoms with Crippen LogP contribution < -0.4 is 10.1 Å². The number of sulfone groups is 1. The number of nitrogens with one attached hydrogen (secondary N) is 1. The molecule has 1 N–H and O–H groups in total. The van der Waals surface area contributed by atoms with Gasteiger partial charge in [-0.3, -0.25) is 4.79 Å². The van der Waals surface area contributed by atoms with Gasteiger partial charge in [0, 0.05) is 28.7 Å². The second-order valence-electron chi connectivity index (χ2n) is 7.54. The predicted molar refractivity (Wildman–Crippen MR) is 129 cm³/mol. The molecular weight excluding hydrogens is 460 g/mol. The van der Waals surface area contributed by atoms with Crippen molar-refractivity contribution in [3.63, 3.8) is 0 Å². The largest absolute Gasteiger partial charge is 0.497 e. The van der Waals surface area contributed by atoms with E-state index >= 15 is 0 Å². The van der Waals surface area contributed by atoms with E-state index in [2.05, 4.69) is 5.32 Å². The van der Waals surface area contributed by atoms with Crippen molar-refractivity contribution in [3.8, 4) is 5.75 Å². The van der Waals surface area contributed by atoms with Crippen LogP contribution in [0.25, 0.3) is 10.9 Å². The van der Waals surface area contributed by atoms with E-state index in [0.29, 0.717) is 28.9 Å². The van der Waals surface area contributed by atoms with Crippen LogP contribution in [0.4, 0.5) is 0 Å². The van der Waals surface area contributed by atoms with Gasteiger partial charge in [-0.05, 0) is 54.4 Å². The van der Waals surface area contributed by atoms with Crippen LogP contribution in [-0.4, -0.2) is 32.5 Å². The van der Waals surface area contributed by atoms with Gasteiger partial charge < -0.3 is 14.6 Å². The van der Waals surface area contributed by atoms with Crippen LogP contribution in [0.15, 0.2) is 88.8 Å². The van der Waals surface area contributed by atoms with Crippen molar-refractivity contribution in [1.82, 2.24) is 9.88 Å². The summed E-state index contributed by atoms with van der Waals surface area (Å²) in [6.07, 6.45) is 2.20. The topological polar surface area (TPSA) is 77.4 Å². The summed E-state index contributed by atoms with van der Waals surface area (Å²) >= 11 is 5.91. The number of hydrogen-bond donors (Lipinski definition) is 1. The van der Waals surface area contributed by atoms with E-state index in [4.69, 9.17) is 16.3 Å². The second-order valence-corrected chi connectivity index (χ2v) is 9.90. The number of carbonyl (C=O) groups excluding carboxylic acids is 1. The van der Waals surface area contributed by atoms with Crippen LogP contribution in [0, 0.1) is 0 Å². The molecule has 0 radical (unpaired) electrons. The predicted octanol–water partition coefficient (Wildman–Crippen LogP) is 4.50. The van der Waals surface area contributed by atoms with Gasteiger partial charge in [0.05, 0.1) is 16.9 Å². The van der Waals surface area contributed by atoms with E-state index in [-0.39, 0.29) is 22.2 Å². The molecule has 33 heavy (non-hydrogen) atoms. The van der Waals surface area contributed by atoms with Crippen LogP contribution in [0.3, 0.4) is 0 Å². The van der Waals surface area contributed by atoms with Crippen LogP contribution >= 0.6 is 11.6 Å². The Hall–Kier alpha value is -3.29. The average Bonchev–Trinajstić information content (AvgIpc) is 3.19. The smallest absolute Gasteiger partial charge is 0.239 e. The molecule has 0 saturated heterocycles. The fourth-order valence-electron chi connectivity index (χ4n) is 3.65. The van der Waals surface area contributed by atoms with Gasteiger partial charge in [0.25, 0.3) is 0 Å². The highest BCUT2D eigenvalue weighted by atomic mass is 35.5. The lowest BCUT2D eigenvalue weighted by molar-refractivity contribution is -0.121. The molecule has 0 aliphatic heterocycles. The minimum atomic E-state index is -3.78. The minimum absolute atomic E-state index is 0.0132. The monoisotopic (exact) mass is 482 g/mol. The lowest BCUT2D eigenvalue weighted by atomic mass is 10.1. The SMILES string of the molecule is COc1ccc(CCNC(=O)Cn2cc(S(=O)(=O)c3ccc(Cl)cc3)c3ccccc32)cc1. The molecular formula is C25H23ClN2O4S. The lowest BCUT2D eigenvalue weighted by Gasteiger charge is -2.08. The van der Waals surface area contributed by atoms with Crippen molar-refractivity contribution >= 4 is 38.2 Å². The van der Waals surface area contributed by atoms with E-state index in [1.165, 1.54) is 18.3 Å². The van der Waals surface area contributed by atoms with Crippen molar-refractivity contribution in [3.05, 3.63) is 89.6 Å². The van der Waals surface area contributed by atoms with Gasteiger partial charge >= 0.3 is 0 Å². The molecule has 0 spiro atoms. The first kappa shape index (κ1) is 22.9. The number of aromatic nitrogens is 1. The van der Waals surface area contributed by atoms with Gasteiger partial charge in [-0.25, -0.2) is 8.42 Å². The molecule has 1 amide bonds. The first-order chi connectivity index (χ1) is 15.9. The Bertz CT molecular complexity index is 1380. The fraction of sp³-hybridized carbons (Fsp3) is 0.160. The van der Waals surface area contributed by atoms with Gasteiger partial charge in [-0.2, -0.15) is 0 Å². The van der Waals surface area contributed by atoms with E-state index < -0.39 is 9.84 Å². The van der Waals surface area contributed by atoms with Crippen molar-refractivity contribution in [2.24, 2.45) is 0 Å². The third-order valence-electron chi connectivity index (χ3n) is 5.37. The molecule has 3 aromatic carbocycles. The summed E-state index contributed by atoms with van der Waals surface area (Å²) in [5, 5.41) is 3.93. The van der Waals surface area contributed by atoms with E-state index in [9.17, 15) is 13.2 Å². The molecule has 1 heterocycles. The molecule has 170 valence electrons. The molecule has 0 bridgehead atoms. The Kier molecular flexibility index (Phi) is 6.72.